The highest BCUT2D eigenvalue weighted by molar-refractivity contribution is 5.92. The molecule has 1 aromatic rings. The Balaban J connectivity index is 2.45. The molecule has 0 saturated heterocycles. The van der Waals surface area contributed by atoms with Gasteiger partial charge in [-0.2, -0.15) is 0 Å². The molecule has 0 bridgehead atoms. The number of furan rings is 1. The third-order valence-corrected chi connectivity index (χ3v) is 1.73. The van der Waals surface area contributed by atoms with E-state index >= 15 is 0 Å². The first-order valence-corrected chi connectivity index (χ1v) is 4.28. The number of amides is 1. The van der Waals surface area contributed by atoms with Gasteiger partial charge >= 0.3 is 0 Å². The summed E-state index contributed by atoms with van der Waals surface area (Å²) in [5.74, 6) is 0.216. The van der Waals surface area contributed by atoms with Crippen LogP contribution in [-0.2, 0) is 0 Å². The number of carbonyl (C=O) groups excluding carboxylic acids is 1. The Bertz CT molecular complexity index is 281. The predicted octanol–water partition coefficient (Wildman–Crippen LogP) is 0.667. The van der Waals surface area contributed by atoms with Crippen LogP contribution in [0.4, 0.5) is 0 Å². The summed E-state index contributed by atoms with van der Waals surface area (Å²) < 4.78 is 5.01. The second kappa shape index (κ2) is 4.67. The highest BCUT2D eigenvalue weighted by Crippen LogP contribution is 2.07. The summed E-state index contributed by atoms with van der Waals surface area (Å²) >= 11 is 0. The van der Waals surface area contributed by atoms with Gasteiger partial charge in [-0.15, -0.1) is 0 Å². The van der Waals surface area contributed by atoms with E-state index in [0.717, 1.165) is 12.0 Å². The van der Waals surface area contributed by atoms with Gasteiger partial charge in [-0.1, -0.05) is 0 Å². The van der Waals surface area contributed by atoms with E-state index in [1.54, 1.807) is 6.07 Å². The average Bonchev–Trinajstić information content (AvgIpc) is 2.52. The molecule has 4 heteroatoms. The molecule has 0 aliphatic rings. The molecule has 3 N–H and O–H groups in total. The molecule has 0 saturated carbocycles. The van der Waals surface area contributed by atoms with Crippen molar-refractivity contribution in [2.45, 2.75) is 13.3 Å². The predicted molar refractivity (Wildman–Crippen MR) is 49.4 cm³/mol. The molecule has 0 fully saturated rings. The Kier molecular flexibility index (Phi) is 3.52. The fraction of sp³-hybridized carbons (Fsp3) is 0.444. The molecule has 1 aromatic heterocycles. The minimum atomic E-state index is -0.170. The third kappa shape index (κ3) is 2.59. The van der Waals surface area contributed by atoms with Crippen molar-refractivity contribution in [3.63, 3.8) is 0 Å². The quantitative estimate of drug-likeness (QED) is 0.672. The lowest BCUT2D eigenvalue weighted by Crippen LogP contribution is -2.26. The van der Waals surface area contributed by atoms with E-state index < -0.39 is 0 Å². The monoisotopic (exact) mass is 182 g/mol. The third-order valence-electron chi connectivity index (χ3n) is 1.73. The van der Waals surface area contributed by atoms with Gasteiger partial charge in [0.2, 0.25) is 0 Å². The summed E-state index contributed by atoms with van der Waals surface area (Å²) in [4.78, 5) is 11.4. The Labute approximate surface area is 77.1 Å². The van der Waals surface area contributed by atoms with Crippen molar-refractivity contribution in [1.29, 1.82) is 0 Å². The van der Waals surface area contributed by atoms with Gasteiger partial charge in [-0.25, -0.2) is 0 Å². The smallest absolute Gasteiger partial charge is 0.287 e. The molecule has 0 unspecified atom stereocenters. The number of nitrogens with two attached hydrogens (primary N) is 1. The first-order chi connectivity index (χ1) is 6.25. The first-order valence-electron chi connectivity index (χ1n) is 4.28. The molecule has 0 radical (unpaired) electrons. The topological polar surface area (TPSA) is 68.3 Å². The average molecular weight is 182 g/mol. The summed E-state index contributed by atoms with van der Waals surface area (Å²) in [6, 6.07) is 1.76. The van der Waals surface area contributed by atoms with Crippen LogP contribution in [0.15, 0.2) is 16.7 Å². The zero-order chi connectivity index (χ0) is 9.68. The standard InChI is InChI=1S/C9H14N2O2/c1-7-3-6-13-8(7)9(12)11-5-2-4-10/h3,6H,2,4-5,10H2,1H3,(H,11,12). The second-order valence-electron chi connectivity index (χ2n) is 2.83. The molecule has 0 aromatic carbocycles. The molecule has 1 amide bonds. The van der Waals surface area contributed by atoms with Crippen LogP contribution in [-0.4, -0.2) is 19.0 Å². The normalized spacial score (nSPS) is 10.0. The molecule has 1 rings (SSSR count). The molecule has 0 spiro atoms. The Hall–Kier alpha value is -1.29. The molecule has 0 atom stereocenters. The van der Waals surface area contributed by atoms with Crippen molar-refractivity contribution in [3.05, 3.63) is 23.7 Å². The Morgan fingerprint density at radius 3 is 3.00 bits per heavy atom. The van der Waals surface area contributed by atoms with E-state index in [0.29, 0.717) is 18.8 Å². The van der Waals surface area contributed by atoms with Crippen LogP contribution in [0.5, 0.6) is 0 Å². The van der Waals surface area contributed by atoms with E-state index in [-0.39, 0.29) is 5.91 Å². The van der Waals surface area contributed by atoms with Gasteiger partial charge in [-0.05, 0) is 26.0 Å². The number of nitrogens with one attached hydrogen (secondary N) is 1. The summed E-state index contributed by atoms with van der Waals surface area (Å²) in [6.45, 7) is 3.01. The molecule has 0 aliphatic heterocycles. The van der Waals surface area contributed by atoms with E-state index in [1.165, 1.54) is 6.26 Å². The molecular formula is C9H14N2O2. The lowest BCUT2D eigenvalue weighted by Gasteiger charge is -2.01. The van der Waals surface area contributed by atoms with Gasteiger partial charge in [0.25, 0.3) is 5.91 Å². The molecule has 13 heavy (non-hydrogen) atoms. The van der Waals surface area contributed by atoms with Gasteiger partial charge in [0.1, 0.15) is 0 Å². The van der Waals surface area contributed by atoms with E-state index in [2.05, 4.69) is 5.32 Å². The van der Waals surface area contributed by atoms with Crippen LogP contribution in [0.2, 0.25) is 0 Å². The summed E-state index contributed by atoms with van der Waals surface area (Å²) in [5.41, 5.74) is 6.14. The van der Waals surface area contributed by atoms with Crippen LogP contribution >= 0.6 is 0 Å². The van der Waals surface area contributed by atoms with Crippen LogP contribution < -0.4 is 11.1 Å². The maximum Gasteiger partial charge on any atom is 0.287 e. The summed E-state index contributed by atoms with van der Waals surface area (Å²) in [7, 11) is 0. The largest absolute Gasteiger partial charge is 0.459 e. The number of carbonyl (C=O) groups is 1. The maximum atomic E-state index is 11.4. The van der Waals surface area contributed by atoms with Crippen molar-refractivity contribution in [3.8, 4) is 0 Å². The van der Waals surface area contributed by atoms with E-state index in [1.807, 2.05) is 6.92 Å². The summed E-state index contributed by atoms with van der Waals surface area (Å²) in [5, 5.41) is 2.71. The molecule has 4 nitrogen and oxygen atoms in total. The second-order valence-corrected chi connectivity index (χ2v) is 2.83. The summed E-state index contributed by atoms with van der Waals surface area (Å²) in [6.07, 6.45) is 2.29. The molecule has 1 heterocycles. The Morgan fingerprint density at radius 1 is 1.69 bits per heavy atom. The zero-order valence-electron chi connectivity index (χ0n) is 7.67. The van der Waals surface area contributed by atoms with E-state index in [4.69, 9.17) is 10.2 Å². The van der Waals surface area contributed by atoms with Gasteiger partial charge in [0.05, 0.1) is 6.26 Å². The molecular weight excluding hydrogens is 168 g/mol. The number of rotatable bonds is 4. The number of hydrogen-bond donors (Lipinski definition) is 2. The molecule has 72 valence electrons. The van der Waals surface area contributed by atoms with Crippen LogP contribution in [0.1, 0.15) is 22.5 Å². The fourth-order valence-electron chi connectivity index (χ4n) is 0.990. The highest BCUT2D eigenvalue weighted by atomic mass is 16.3. The number of aryl methyl sites for hydroxylation is 1. The first kappa shape index (κ1) is 9.80. The van der Waals surface area contributed by atoms with Gasteiger partial charge in [-0.3, -0.25) is 4.79 Å². The van der Waals surface area contributed by atoms with Crippen LogP contribution in [0.25, 0.3) is 0 Å². The lowest BCUT2D eigenvalue weighted by molar-refractivity contribution is 0.0925. The lowest BCUT2D eigenvalue weighted by atomic mass is 10.2. The van der Waals surface area contributed by atoms with Gasteiger partial charge in [0, 0.05) is 12.1 Å². The van der Waals surface area contributed by atoms with Crippen molar-refractivity contribution in [2.75, 3.05) is 13.1 Å². The van der Waals surface area contributed by atoms with Crippen LogP contribution in [0.3, 0.4) is 0 Å². The minimum Gasteiger partial charge on any atom is -0.459 e. The van der Waals surface area contributed by atoms with Gasteiger partial charge < -0.3 is 15.5 Å². The van der Waals surface area contributed by atoms with Crippen LogP contribution in [0, 0.1) is 6.92 Å². The maximum absolute atomic E-state index is 11.4. The SMILES string of the molecule is Cc1ccoc1C(=O)NCCCN. The molecule has 0 aliphatic carbocycles. The fourth-order valence-corrected chi connectivity index (χ4v) is 0.990. The Morgan fingerprint density at radius 2 is 2.46 bits per heavy atom. The van der Waals surface area contributed by atoms with Crippen molar-refractivity contribution >= 4 is 5.91 Å². The highest BCUT2D eigenvalue weighted by Gasteiger charge is 2.10. The minimum absolute atomic E-state index is 0.170. The van der Waals surface area contributed by atoms with Gasteiger partial charge in [0.15, 0.2) is 5.76 Å². The van der Waals surface area contributed by atoms with E-state index in [9.17, 15) is 4.79 Å². The van der Waals surface area contributed by atoms with Crippen molar-refractivity contribution in [2.24, 2.45) is 5.73 Å². The van der Waals surface area contributed by atoms with Crippen molar-refractivity contribution < 1.29 is 9.21 Å². The number of hydrogen-bond acceptors (Lipinski definition) is 3. The van der Waals surface area contributed by atoms with Crippen molar-refractivity contribution in [1.82, 2.24) is 5.32 Å². The zero-order valence-corrected chi connectivity index (χ0v) is 7.67.